The molecule has 0 fully saturated rings. The summed E-state index contributed by atoms with van der Waals surface area (Å²) in [5, 5.41) is 19.3. The lowest BCUT2D eigenvalue weighted by Gasteiger charge is -2.01. The third-order valence-corrected chi connectivity index (χ3v) is 2.63. The van der Waals surface area contributed by atoms with Crippen molar-refractivity contribution in [1.29, 1.82) is 0 Å². The van der Waals surface area contributed by atoms with E-state index < -0.39 is 0 Å². The molecule has 0 atom stereocenters. The zero-order valence-electron chi connectivity index (χ0n) is 8.34. The second-order valence-corrected chi connectivity index (χ2v) is 3.64. The molecule has 0 bridgehead atoms. The van der Waals surface area contributed by atoms with Crippen molar-refractivity contribution >= 4 is 11.4 Å². The number of phenolic OH excluding ortho intramolecular Hbond substituents is 2. The van der Waals surface area contributed by atoms with Crippen molar-refractivity contribution in [3.63, 3.8) is 0 Å². The summed E-state index contributed by atoms with van der Waals surface area (Å²) in [6, 6.07) is 6.48. The fourth-order valence-corrected chi connectivity index (χ4v) is 1.84. The number of benzene rings is 1. The molecule has 1 aromatic carbocycles. The Balaban J connectivity index is 2.11. The highest BCUT2D eigenvalue weighted by molar-refractivity contribution is 6.05. The molecule has 0 amide bonds. The lowest BCUT2D eigenvalue weighted by Crippen LogP contribution is -1.97. The van der Waals surface area contributed by atoms with Crippen LogP contribution in [0.2, 0.25) is 0 Å². The lowest BCUT2D eigenvalue weighted by atomic mass is 10.1. The summed E-state index contributed by atoms with van der Waals surface area (Å²) in [6.45, 7) is 0. The van der Waals surface area contributed by atoms with E-state index in [-0.39, 0.29) is 11.5 Å². The Morgan fingerprint density at radius 3 is 2.62 bits per heavy atom. The van der Waals surface area contributed by atoms with E-state index >= 15 is 0 Å². The van der Waals surface area contributed by atoms with Crippen LogP contribution in [-0.2, 0) is 6.42 Å². The normalized spacial score (nSPS) is 13.6. The Morgan fingerprint density at radius 1 is 1.12 bits per heavy atom. The minimum absolute atomic E-state index is 0.0781. The number of fused-ring (bicyclic) bond motifs is 1. The summed E-state index contributed by atoms with van der Waals surface area (Å²) < 4.78 is 5.23. The highest BCUT2D eigenvalue weighted by Gasteiger charge is 2.23. The van der Waals surface area contributed by atoms with Gasteiger partial charge < -0.3 is 14.6 Å². The minimum Gasteiger partial charge on any atom is -0.508 e. The zero-order chi connectivity index (χ0) is 11.1. The standard InChI is InChI=1S/C12H9NO3/c14-9-3-4-10(15)12-7(9)6-8(13-12)11-2-1-5-16-11/h1-5,14-15H,6H2. The molecular formula is C12H9NO3. The number of aliphatic imine (C=N–C) groups is 1. The maximum absolute atomic E-state index is 9.66. The predicted octanol–water partition coefficient (Wildman–Crippen LogP) is 2.37. The van der Waals surface area contributed by atoms with Gasteiger partial charge in [0.1, 0.15) is 22.9 Å². The van der Waals surface area contributed by atoms with Crippen molar-refractivity contribution in [3.8, 4) is 11.5 Å². The van der Waals surface area contributed by atoms with Crippen molar-refractivity contribution in [3.05, 3.63) is 41.9 Å². The monoisotopic (exact) mass is 215 g/mol. The summed E-state index contributed by atoms with van der Waals surface area (Å²) in [6.07, 6.45) is 2.05. The Hall–Kier alpha value is -2.23. The molecule has 0 saturated heterocycles. The van der Waals surface area contributed by atoms with Gasteiger partial charge in [0.2, 0.25) is 0 Å². The van der Waals surface area contributed by atoms with Gasteiger partial charge in [0.25, 0.3) is 0 Å². The first-order valence-electron chi connectivity index (χ1n) is 4.91. The molecule has 4 nitrogen and oxygen atoms in total. The minimum atomic E-state index is 0.0781. The average molecular weight is 215 g/mol. The number of rotatable bonds is 1. The van der Waals surface area contributed by atoms with Gasteiger partial charge in [-0.3, -0.25) is 0 Å². The smallest absolute Gasteiger partial charge is 0.148 e. The molecule has 0 unspecified atom stereocenters. The van der Waals surface area contributed by atoms with Gasteiger partial charge >= 0.3 is 0 Å². The van der Waals surface area contributed by atoms with Crippen LogP contribution in [0.4, 0.5) is 5.69 Å². The fourth-order valence-electron chi connectivity index (χ4n) is 1.84. The van der Waals surface area contributed by atoms with E-state index in [1.165, 1.54) is 12.1 Å². The number of furan rings is 1. The Bertz CT molecular complexity index is 570. The van der Waals surface area contributed by atoms with Gasteiger partial charge in [0.15, 0.2) is 0 Å². The number of hydrogen-bond acceptors (Lipinski definition) is 4. The van der Waals surface area contributed by atoms with Crippen molar-refractivity contribution in [2.24, 2.45) is 4.99 Å². The van der Waals surface area contributed by atoms with Crippen LogP contribution in [0.1, 0.15) is 11.3 Å². The predicted molar refractivity (Wildman–Crippen MR) is 58.4 cm³/mol. The van der Waals surface area contributed by atoms with Crippen LogP contribution in [0.5, 0.6) is 11.5 Å². The molecule has 16 heavy (non-hydrogen) atoms. The molecule has 2 N–H and O–H groups in total. The van der Waals surface area contributed by atoms with Crippen LogP contribution < -0.4 is 0 Å². The van der Waals surface area contributed by atoms with Crippen LogP contribution in [-0.4, -0.2) is 15.9 Å². The topological polar surface area (TPSA) is 66.0 Å². The van der Waals surface area contributed by atoms with E-state index in [4.69, 9.17) is 4.42 Å². The lowest BCUT2D eigenvalue weighted by molar-refractivity contribution is 0.458. The number of nitrogens with zero attached hydrogens (tertiary/aromatic N) is 1. The van der Waals surface area contributed by atoms with Gasteiger partial charge in [-0.1, -0.05) is 0 Å². The molecule has 0 saturated carbocycles. The molecule has 2 aromatic rings. The van der Waals surface area contributed by atoms with Crippen LogP contribution in [0, 0.1) is 0 Å². The maximum Gasteiger partial charge on any atom is 0.148 e. The van der Waals surface area contributed by atoms with Gasteiger partial charge in [0.05, 0.1) is 12.0 Å². The van der Waals surface area contributed by atoms with Crippen molar-refractivity contribution in [1.82, 2.24) is 0 Å². The quantitative estimate of drug-likeness (QED) is 0.717. The molecular weight excluding hydrogens is 206 g/mol. The maximum atomic E-state index is 9.66. The fraction of sp³-hybridized carbons (Fsp3) is 0.0833. The summed E-state index contributed by atoms with van der Waals surface area (Å²) >= 11 is 0. The van der Waals surface area contributed by atoms with E-state index in [0.29, 0.717) is 23.4 Å². The zero-order valence-corrected chi connectivity index (χ0v) is 8.34. The molecule has 3 rings (SSSR count). The average Bonchev–Trinajstić information content (AvgIpc) is 2.90. The summed E-state index contributed by atoms with van der Waals surface area (Å²) in [5.41, 5.74) is 1.80. The second kappa shape index (κ2) is 3.13. The van der Waals surface area contributed by atoms with Gasteiger partial charge in [-0.2, -0.15) is 0 Å². The van der Waals surface area contributed by atoms with E-state index in [1.54, 1.807) is 18.4 Å². The molecule has 0 radical (unpaired) electrons. The first-order valence-corrected chi connectivity index (χ1v) is 4.91. The van der Waals surface area contributed by atoms with E-state index in [9.17, 15) is 10.2 Å². The van der Waals surface area contributed by atoms with Gasteiger partial charge in [-0.15, -0.1) is 0 Å². The van der Waals surface area contributed by atoms with Gasteiger partial charge in [-0.05, 0) is 24.3 Å². The third kappa shape index (κ3) is 1.20. The number of phenols is 2. The Morgan fingerprint density at radius 2 is 1.94 bits per heavy atom. The Labute approximate surface area is 91.5 Å². The van der Waals surface area contributed by atoms with E-state index in [1.807, 2.05) is 0 Å². The van der Waals surface area contributed by atoms with Crippen LogP contribution in [0.15, 0.2) is 39.9 Å². The molecule has 80 valence electrons. The highest BCUT2D eigenvalue weighted by atomic mass is 16.3. The number of hydrogen-bond donors (Lipinski definition) is 2. The van der Waals surface area contributed by atoms with E-state index in [2.05, 4.69) is 4.99 Å². The Kier molecular flexibility index (Phi) is 1.77. The van der Waals surface area contributed by atoms with Gasteiger partial charge in [-0.25, -0.2) is 4.99 Å². The molecule has 4 heteroatoms. The highest BCUT2D eigenvalue weighted by Crippen LogP contribution is 2.41. The second-order valence-electron chi connectivity index (χ2n) is 3.64. The number of aromatic hydroxyl groups is 2. The van der Waals surface area contributed by atoms with Crippen LogP contribution in [0.3, 0.4) is 0 Å². The molecule has 1 aliphatic rings. The van der Waals surface area contributed by atoms with Crippen molar-refractivity contribution in [2.45, 2.75) is 6.42 Å². The molecule has 1 aromatic heterocycles. The van der Waals surface area contributed by atoms with Crippen LogP contribution in [0.25, 0.3) is 0 Å². The SMILES string of the molecule is Oc1ccc(O)c2c1CC(c1ccco1)=N2. The molecule has 1 aliphatic heterocycles. The first kappa shape index (κ1) is 9.03. The first-order chi connectivity index (χ1) is 7.75. The molecule has 0 spiro atoms. The third-order valence-electron chi connectivity index (χ3n) is 2.63. The molecule has 2 heterocycles. The van der Waals surface area contributed by atoms with E-state index in [0.717, 1.165) is 5.71 Å². The largest absolute Gasteiger partial charge is 0.508 e. The summed E-state index contributed by atoms with van der Waals surface area (Å²) in [4.78, 5) is 4.27. The van der Waals surface area contributed by atoms with Crippen LogP contribution >= 0.6 is 0 Å². The summed E-state index contributed by atoms with van der Waals surface area (Å²) in [7, 11) is 0. The van der Waals surface area contributed by atoms with Gasteiger partial charge in [0, 0.05) is 12.0 Å². The molecule has 0 aliphatic carbocycles. The summed E-state index contributed by atoms with van der Waals surface area (Å²) in [5.74, 6) is 0.891. The van der Waals surface area contributed by atoms with Crippen molar-refractivity contribution < 1.29 is 14.6 Å². The van der Waals surface area contributed by atoms with Crippen molar-refractivity contribution in [2.75, 3.05) is 0 Å².